The van der Waals surface area contributed by atoms with Gasteiger partial charge in [-0.2, -0.15) is 11.8 Å². The third-order valence-electron chi connectivity index (χ3n) is 5.75. The molecule has 0 aromatic rings. The number of esters is 1. The predicted molar refractivity (Wildman–Crippen MR) is 92.8 cm³/mol. The smallest absolute Gasteiger partial charge is 0.408 e. The summed E-state index contributed by atoms with van der Waals surface area (Å²) in [5, 5.41) is 2.70. The van der Waals surface area contributed by atoms with E-state index < -0.39 is 23.7 Å². The Morgan fingerprint density at radius 1 is 1.29 bits per heavy atom. The number of nitrogens with two attached hydrogens (primary N) is 1. The molecule has 4 rings (SSSR count). The fourth-order valence-electron chi connectivity index (χ4n) is 5.36. The first-order chi connectivity index (χ1) is 11.4. The minimum absolute atomic E-state index is 0.176. The fourth-order valence-corrected chi connectivity index (χ4v) is 5.83. The highest BCUT2D eigenvalue weighted by atomic mass is 32.2. The maximum atomic E-state index is 12.4. The number of thioether (sulfide) groups is 1. The molecular weight excluding hydrogens is 328 g/mol. The van der Waals surface area contributed by atoms with Gasteiger partial charge in [-0.05, 0) is 62.4 Å². The zero-order valence-corrected chi connectivity index (χ0v) is 15.3. The van der Waals surface area contributed by atoms with Crippen molar-refractivity contribution in [1.29, 1.82) is 0 Å². The van der Waals surface area contributed by atoms with Crippen LogP contribution in [0.4, 0.5) is 4.79 Å². The lowest BCUT2D eigenvalue weighted by Gasteiger charge is -2.59. The third kappa shape index (κ3) is 3.67. The summed E-state index contributed by atoms with van der Waals surface area (Å²) in [5.41, 5.74) is 5.91. The minimum atomic E-state index is -0.657. The average Bonchev–Trinajstić information content (AvgIpc) is 2.47. The van der Waals surface area contributed by atoms with E-state index in [1.54, 1.807) is 11.8 Å². The molecule has 6 nitrogen and oxygen atoms in total. The van der Waals surface area contributed by atoms with E-state index in [-0.39, 0.29) is 5.54 Å². The lowest BCUT2D eigenvalue weighted by atomic mass is 9.51. The second-order valence-corrected chi connectivity index (χ2v) is 8.88. The van der Waals surface area contributed by atoms with Gasteiger partial charge in [-0.1, -0.05) is 0 Å². The Hall–Kier alpha value is -0.950. The molecule has 4 bridgehead atoms. The van der Waals surface area contributed by atoms with Crippen molar-refractivity contribution in [2.45, 2.75) is 62.1 Å². The molecule has 0 aromatic heterocycles. The van der Waals surface area contributed by atoms with E-state index in [4.69, 9.17) is 15.2 Å². The third-order valence-corrected chi connectivity index (χ3v) is 6.39. The van der Waals surface area contributed by atoms with Crippen LogP contribution in [0, 0.1) is 11.8 Å². The van der Waals surface area contributed by atoms with Gasteiger partial charge in [-0.25, -0.2) is 9.59 Å². The van der Waals surface area contributed by atoms with Gasteiger partial charge in [0.15, 0.2) is 0 Å². The first kappa shape index (κ1) is 17.9. The summed E-state index contributed by atoms with van der Waals surface area (Å²) >= 11 is 1.62. The van der Waals surface area contributed by atoms with Gasteiger partial charge >= 0.3 is 12.1 Å². The Morgan fingerprint density at radius 2 is 1.96 bits per heavy atom. The van der Waals surface area contributed by atoms with E-state index in [0.717, 1.165) is 37.9 Å². The molecule has 24 heavy (non-hydrogen) atoms. The number of methoxy groups -OCH3 is 1. The summed E-state index contributed by atoms with van der Waals surface area (Å²) in [6.07, 6.45) is 7.84. The normalized spacial score (nSPS) is 37.8. The van der Waals surface area contributed by atoms with Crippen molar-refractivity contribution < 1.29 is 19.1 Å². The molecule has 4 aliphatic rings. The lowest BCUT2D eigenvalue weighted by Crippen LogP contribution is -2.64. The molecule has 4 aliphatic carbocycles. The van der Waals surface area contributed by atoms with E-state index in [2.05, 4.69) is 5.32 Å². The van der Waals surface area contributed by atoms with Gasteiger partial charge < -0.3 is 20.5 Å². The number of rotatable bonds is 6. The number of nitrogens with one attached hydrogen (secondary N) is 1. The number of hydrogen-bond acceptors (Lipinski definition) is 6. The van der Waals surface area contributed by atoms with Gasteiger partial charge in [0, 0.05) is 12.0 Å². The summed E-state index contributed by atoms with van der Waals surface area (Å²) in [7, 11) is 1.33. The number of carbonyl (C=O) groups is 2. The number of hydrogen-bond donors (Lipinski definition) is 2. The van der Waals surface area contributed by atoms with Crippen LogP contribution in [0.5, 0.6) is 0 Å². The summed E-state index contributed by atoms with van der Waals surface area (Å²) in [6.45, 7) is 0. The van der Waals surface area contributed by atoms with Crippen molar-refractivity contribution >= 4 is 23.8 Å². The standard InChI is InChI=1S/C17H28N2O4S/c1-22-14(20)13(3-4-24-2)19-15(21)23-17-8-11-5-12(9-17)7-16(18,6-11)10-17/h11-13H,3-10,18H2,1-2H3,(H,19,21)/t11?,12?,13-,16?,17?/m0/s1. The summed E-state index contributed by atoms with van der Waals surface area (Å²) in [6, 6.07) is -0.657. The Bertz CT molecular complexity index is 499. The molecule has 1 amide bonds. The molecule has 4 saturated carbocycles. The van der Waals surface area contributed by atoms with Crippen molar-refractivity contribution in [3.05, 3.63) is 0 Å². The predicted octanol–water partition coefficient (Wildman–Crippen LogP) is 2.06. The molecule has 0 heterocycles. The molecule has 0 saturated heterocycles. The Morgan fingerprint density at radius 3 is 2.50 bits per heavy atom. The van der Waals surface area contributed by atoms with Crippen LogP contribution in [-0.4, -0.2) is 48.4 Å². The molecule has 0 spiro atoms. The first-order valence-corrected chi connectivity index (χ1v) is 10.1. The van der Waals surface area contributed by atoms with Crippen molar-refractivity contribution in [3.8, 4) is 0 Å². The highest BCUT2D eigenvalue weighted by Gasteiger charge is 2.58. The second-order valence-electron chi connectivity index (χ2n) is 7.90. The van der Waals surface area contributed by atoms with Gasteiger partial charge in [-0.15, -0.1) is 0 Å². The topological polar surface area (TPSA) is 90.6 Å². The van der Waals surface area contributed by atoms with Crippen LogP contribution >= 0.6 is 11.8 Å². The number of amides is 1. The van der Waals surface area contributed by atoms with Crippen LogP contribution in [0.15, 0.2) is 0 Å². The van der Waals surface area contributed by atoms with Crippen molar-refractivity contribution in [3.63, 3.8) is 0 Å². The van der Waals surface area contributed by atoms with Crippen LogP contribution in [0.25, 0.3) is 0 Å². The maximum Gasteiger partial charge on any atom is 0.408 e. The SMILES string of the molecule is COC(=O)[C@H](CCSC)NC(=O)OC12CC3CC(CC(N)(C3)C1)C2. The zero-order valence-electron chi connectivity index (χ0n) is 14.5. The van der Waals surface area contributed by atoms with E-state index >= 15 is 0 Å². The molecule has 0 aliphatic heterocycles. The molecule has 7 heteroatoms. The highest BCUT2D eigenvalue weighted by molar-refractivity contribution is 7.98. The maximum absolute atomic E-state index is 12.4. The summed E-state index contributed by atoms with van der Waals surface area (Å²) in [4.78, 5) is 24.3. The van der Waals surface area contributed by atoms with Crippen molar-refractivity contribution in [2.24, 2.45) is 17.6 Å². The van der Waals surface area contributed by atoms with Gasteiger partial charge in [-0.3, -0.25) is 0 Å². The van der Waals surface area contributed by atoms with Crippen LogP contribution in [-0.2, 0) is 14.3 Å². The average molecular weight is 356 g/mol. The van der Waals surface area contributed by atoms with E-state index in [9.17, 15) is 9.59 Å². The molecule has 136 valence electrons. The first-order valence-electron chi connectivity index (χ1n) is 8.72. The number of ether oxygens (including phenoxy) is 2. The van der Waals surface area contributed by atoms with Crippen molar-refractivity contribution in [2.75, 3.05) is 19.1 Å². The Balaban J connectivity index is 1.62. The minimum Gasteiger partial charge on any atom is -0.467 e. The summed E-state index contributed by atoms with van der Waals surface area (Å²) in [5.74, 6) is 1.47. The molecule has 3 N–H and O–H groups in total. The largest absolute Gasteiger partial charge is 0.467 e. The summed E-state index contributed by atoms with van der Waals surface area (Å²) < 4.78 is 10.7. The molecular formula is C17H28N2O4S. The molecule has 4 fully saturated rings. The number of carbonyl (C=O) groups excluding carboxylic acids is 2. The van der Waals surface area contributed by atoms with Gasteiger partial charge in [0.2, 0.25) is 0 Å². The lowest BCUT2D eigenvalue weighted by molar-refractivity contribution is -0.146. The molecule has 2 unspecified atom stereocenters. The quantitative estimate of drug-likeness (QED) is 0.708. The molecule has 0 radical (unpaired) electrons. The van der Waals surface area contributed by atoms with Gasteiger partial charge in [0.05, 0.1) is 7.11 Å². The van der Waals surface area contributed by atoms with E-state index in [1.165, 1.54) is 13.5 Å². The van der Waals surface area contributed by atoms with Gasteiger partial charge in [0.25, 0.3) is 0 Å². The highest BCUT2D eigenvalue weighted by Crippen LogP contribution is 2.57. The molecule has 0 aromatic carbocycles. The Kier molecular flexibility index (Phi) is 5.02. The zero-order chi connectivity index (χ0) is 17.4. The van der Waals surface area contributed by atoms with Crippen LogP contribution in [0.2, 0.25) is 0 Å². The van der Waals surface area contributed by atoms with E-state index in [1.807, 2.05) is 6.26 Å². The second kappa shape index (κ2) is 6.75. The molecule has 3 atom stereocenters. The fraction of sp³-hybridized carbons (Fsp3) is 0.882. The Labute approximate surface area is 147 Å². The van der Waals surface area contributed by atoms with Crippen molar-refractivity contribution in [1.82, 2.24) is 5.32 Å². The van der Waals surface area contributed by atoms with E-state index in [0.29, 0.717) is 18.3 Å². The van der Waals surface area contributed by atoms with Crippen LogP contribution < -0.4 is 11.1 Å². The van der Waals surface area contributed by atoms with Gasteiger partial charge in [0.1, 0.15) is 11.6 Å². The van der Waals surface area contributed by atoms with Crippen LogP contribution in [0.3, 0.4) is 0 Å². The monoisotopic (exact) mass is 356 g/mol. The van der Waals surface area contributed by atoms with Crippen LogP contribution in [0.1, 0.15) is 44.9 Å². The number of alkyl carbamates (subject to hydrolysis) is 1.